The lowest BCUT2D eigenvalue weighted by molar-refractivity contribution is -0.137. The van der Waals surface area contributed by atoms with Gasteiger partial charge in [-0.15, -0.1) is 0 Å². The first kappa shape index (κ1) is 13.0. The molecule has 0 aliphatic rings. The van der Waals surface area contributed by atoms with Crippen molar-refractivity contribution in [1.29, 1.82) is 5.26 Å². The number of rotatable bonds is 3. The van der Waals surface area contributed by atoms with Crippen molar-refractivity contribution in [2.45, 2.75) is 12.7 Å². The van der Waals surface area contributed by atoms with Crippen molar-refractivity contribution >= 4 is 5.69 Å². The average molecular weight is 266 g/mol. The number of H-pyrrole nitrogens is 1. The third kappa shape index (κ3) is 3.04. The number of alkyl halides is 3. The quantitative estimate of drug-likeness (QED) is 0.897. The minimum Gasteiger partial charge on any atom is -0.377 e. The van der Waals surface area contributed by atoms with E-state index in [0.717, 1.165) is 6.07 Å². The second-order valence-electron chi connectivity index (χ2n) is 3.76. The number of hydrogen-bond donors (Lipinski definition) is 2. The molecule has 0 saturated carbocycles. The van der Waals surface area contributed by atoms with Crippen LogP contribution >= 0.6 is 0 Å². The molecule has 2 aromatic rings. The Balaban J connectivity index is 2.27. The molecule has 0 fully saturated rings. The highest BCUT2D eigenvalue weighted by Crippen LogP contribution is 2.35. The van der Waals surface area contributed by atoms with Crippen LogP contribution < -0.4 is 5.32 Å². The number of anilines is 1. The Hall–Kier alpha value is -2.49. The average Bonchev–Trinajstić information content (AvgIpc) is 2.88. The molecule has 19 heavy (non-hydrogen) atoms. The lowest BCUT2D eigenvalue weighted by atomic mass is 10.1. The molecule has 0 bridgehead atoms. The molecule has 2 N–H and O–H groups in total. The summed E-state index contributed by atoms with van der Waals surface area (Å²) < 4.78 is 38.6. The van der Waals surface area contributed by atoms with Gasteiger partial charge >= 0.3 is 6.18 Å². The molecular formula is C12H9F3N4. The fourth-order valence-electron chi connectivity index (χ4n) is 1.58. The molecule has 7 heteroatoms. The van der Waals surface area contributed by atoms with Crippen molar-refractivity contribution in [1.82, 2.24) is 9.97 Å². The normalized spacial score (nSPS) is 11.1. The van der Waals surface area contributed by atoms with Gasteiger partial charge in [0.15, 0.2) is 0 Å². The molecule has 0 radical (unpaired) electrons. The van der Waals surface area contributed by atoms with Crippen LogP contribution in [0.2, 0.25) is 0 Å². The molecule has 1 aromatic heterocycles. The van der Waals surface area contributed by atoms with Crippen molar-refractivity contribution in [2.75, 3.05) is 5.32 Å². The number of benzene rings is 1. The highest BCUT2D eigenvalue weighted by Gasteiger charge is 2.33. The molecule has 0 aliphatic carbocycles. The molecule has 0 spiro atoms. The summed E-state index contributed by atoms with van der Waals surface area (Å²) in [5.41, 5.74) is -0.975. The van der Waals surface area contributed by atoms with Crippen molar-refractivity contribution in [3.63, 3.8) is 0 Å². The van der Waals surface area contributed by atoms with E-state index < -0.39 is 11.7 Å². The van der Waals surface area contributed by atoms with Gasteiger partial charge in [-0.3, -0.25) is 0 Å². The van der Waals surface area contributed by atoms with E-state index in [0.29, 0.717) is 5.82 Å². The van der Waals surface area contributed by atoms with E-state index in [4.69, 9.17) is 5.26 Å². The van der Waals surface area contributed by atoms with Gasteiger partial charge in [-0.25, -0.2) is 4.98 Å². The minimum absolute atomic E-state index is 0.0316. The molecule has 1 aromatic carbocycles. The number of hydrogen-bond acceptors (Lipinski definition) is 3. The summed E-state index contributed by atoms with van der Waals surface area (Å²) in [6.45, 7) is 0.141. The molecule has 0 saturated heterocycles. The van der Waals surface area contributed by atoms with Crippen LogP contribution in [0.3, 0.4) is 0 Å². The van der Waals surface area contributed by atoms with E-state index in [1.165, 1.54) is 18.3 Å². The Morgan fingerprint density at radius 1 is 1.37 bits per heavy atom. The van der Waals surface area contributed by atoms with E-state index in [9.17, 15) is 13.2 Å². The van der Waals surface area contributed by atoms with Crippen LogP contribution in [-0.4, -0.2) is 9.97 Å². The second kappa shape index (κ2) is 5.02. The Morgan fingerprint density at radius 2 is 2.16 bits per heavy atom. The molecule has 2 rings (SSSR count). The predicted octanol–water partition coefficient (Wildman–Crippen LogP) is 2.91. The van der Waals surface area contributed by atoms with Crippen LogP contribution in [0.1, 0.15) is 17.0 Å². The Kier molecular flexibility index (Phi) is 3.42. The number of aromatic amines is 1. The van der Waals surface area contributed by atoms with Gasteiger partial charge in [-0.1, -0.05) is 0 Å². The number of nitrogens with zero attached hydrogens (tertiary/aromatic N) is 2. The first-order chi connectivity index (χ1) is 9.00. The molecule has 0 unspecified atom stereocenters. The predicted molar refractivity (Wildman–Crippen MR) is 62.1 cm³/mol. The Bertz CT molecular complexity index is 596. The van der Waals surface area contributed by atoms with E-state index >= 15 is 0 Å². The van der Waals surface area contributed by atoms with E-state index in [1.54, 1.807) is 12.3 Å². The van der Waals surface area contributed by atoms with Gasteiger partial charge in [0.1, 0.15) is 5.82 Å². The van der Waals surface area contributed by atoms with Crippen LogP contribution in [0.4, 0.5) is 18.9 Å². The van der Waals surface area contributed by atoms with Gasteiger partial charge < -0.3 is 10.3 Å². The van der Waals surface area contributed by atoms with Crippen molar-refractivity contribution in [2.24, 2.45) is 0 Å². The number of nitriles is 1. The minimum atomic E-state index is -4.52. The first-order valence-electron chi connectivity index (χ1n) is 5.34. The SMILES string of the molecule is N#Cc1ccc(NCc2ncc[nH]2)c(C(F)(F)F)c1. The fourth-order valence-corrected chi connectivity index (χ4v) is 1.58. The maximum atomic E-state index is 12.9. The summed E-state index contributed by atoms with van der Waals surface area (Å²) in [4.78, 5) is 6.69. The second-order valence-corrected chi connectivity index (χ2v) is 3.76. The monoisotopic (exact) mass is 266 g/mol. The van der Waals surface area contributed by atoms with E-state index in [2.05, 4.69) is 15.3 Å². The molecule has 0 atom stereocenters. The molecular weight excluding hydrogens is 257 g/mol. The third-order valence-corrected chi connectivity index (χ3v) is 2.46. The highest BCUT2D eigenvalue weighted by atomic mass is 19.4. The highest BCUT2D eigenvalue weighted by molar-refractivity contribution is 5.56. The fraction of sp³-hybridized carbons (Fsp3) is 0.167. The molecule has 4 nitrogen and oxygen atoms in total. The molecule has 1 heterocycles. The van der Waals surface area contributed by atoms with Crippen LogP contribution in [-0.2, 0) is 12.7 Å². The first-order valence-corrected chi connectivity index (χ1v) is 5.34. The zero-order valence-corrected chi connectivity index (χ0v) is 9.62. The van der Waals surface area contributed by atoms with Crippen molar-refractivity contribution in [3.8, 4) is 6.07 Å². The molecule has 0 amide bonds. The molecule has 0 aliphatic heterocycles. The van der Waals surface area contributed by atoms with Gasteiger partial charge in [-0.05, 0) is 18.2 Å². The number of imidazole rings is 1. The Labute approximate surface area is 106 Å². The number of halogens is 3. The zero-order valence-electron chi connectivity index (χ0n) is 9.62. The lowest BCUT2D eigenvalue weighted by Crippen LogP contribution is -2.11. The largest absolute Gasteiger partial charge is 0.418 e. The summed E-state index contributed by atoms with van der Waals surface area (Å²) in [6, 6.07) is 5.09. The van der Waals surface area contributed by atoms with Gasteiger partial charge in [0.05, 0.1) is 23.7 Å². The third-order valence-electron chi connectivity index (χ3n) is 2.46. The summed E-state index contributed by atoms with van der Waals surface area (Å²) in [7, 11) is 0. The van der Waals surface area contributed by atoms with Crippen LogP contribution in [0.5, 0.6) is 0 Å². The maximum Gasteiger partial charge on any atom is 0.418 e. The van der Waals surface area contributed by atoms with Gasteiger partial charge in [-0.2, -0.15) is 18.4 Å². The van der Waals surface area contributed by atoms with Crippen molar-refractivity contribution < 1.29 is 13.2 Å². The van der Waals surface area contributed by atoms with E-state index in [-0.39, 0.29) is 17.8 Å². The summed E-state index contributed by atoms with van der Waals surface area (Å²) in [5, 5.41) is 11.3. The number of nitrogens with one attached hydrogen (secondary N) is 2. The topological polar surface area (TPSA) is 64.5 Å². The van der Waals surface area contributed by atoms with Crippen LogP contribution in [0, 0.1) is 11.3 Å². The standard InChI is InChI=1S/C12H9F3N4/c13-12(14,15)9-5-8(6-16)1-2-10(9)19-7-11-17-3-4-18-11/h1-5,19H,7H2,(H,17,18). The van der Waals surface area contributed by atoms with Crippen molar-refractivity contribution in [3.05, 3.63) is 47.5 Å². The van der Waals surface area contributed by atoms with Gasteiger partial charge in [0.25, 0.3) is 0 Å². The van der Waals surface area contributed by atoms with Gasteiger partial charge in [0, 0.05) is 18.1 Å². The van der Waals surface area contributed by atoms with Crippen LogP contribution in [0.15, 0.2) is 30.6 Å². The summed E-state index contributed by atoms with van der Waals surface area (Å²) in [6.07, 6.45) is -1.42. The van der Waals surface area contributed by atoms with E-state index in [1.807, 2.05) is 0 Å². The van der Waals surface area contributed by atoms with Gasteiger partial charge in [0.2, 0.25) is 0 Å². The molecule has 98 valence electrons. The smallest absolute Gasteiger partial charge is 0.377 e. The lowest BCUT2D eigenvalue weighted by Gasteiger charge is -2.14. The summed E-state index contributed by atoms with van der Waals surface area (Å²) >= 11 is 0. The Morgan fingerprint density at radius 3 is 2.74 bits per heavy atom. The van der Waals surface area contributed by atoms with Crippen LogP contribution in [0.25, 0.3) is 0 Å². The summed E-state index contributed by atoms with van der Waals surface area (Å²) in [5.74, 6) is 0.525. The number of aromatic nitrogens is 2. The zero-order chi connectivity index (χ0) is 13.9. The maximum absolute atomic E-state index is 12.9.